The van der Waals surface area contributed by atoms with E-state index in [4.69, 9.17) is 4.74 Å². The molecule has 0 fully saturated rings. The predicted molar refractivity (Wildman–Crippen MR) is 104 cm³/mol. The van der Waals surface area contributed by atoms with Crippen LogP contribution in [0, 0.1) is 0 Å². The van der Waals surface area contributed by atoms with Crippen molar-refractivity contribution < 1.29 is 19.4 Å². The van der Waals surface area contributed by atoms with E-state index in [1.807, 2.05) is 30.3 Å². The van der Waals surface area contributed by atoms with E-state index in [0.29, 0.717) is 10.9 Å². The predicted octanol–water partition coefficient (Wildman–Crippen LogP) is 1.94. The van der Waals surface area contributed by atoms with Crippen LogP contribution < -0.4 is 10.9 Å². The van der Waals surface area contributed by atoms with Crippen molar-refractivity contribution in [1.82, 2.24) is 9.88 Å². The van der Waals surface area contributed by atoms with Crippen LogP contribution in [0.3, 0.4) is 0 Å². The van der Waals surface area contributed by atoms with Gasteiger partial charge in [0.15, 0.2) is 6.04 Å². The number of carbonyl (C=O) groups is 2. The summed E-state index contributed by atoms with van der Waals surface area (Å²) in [7, 11) is 1.57. The Hall–Kier alpha value is -3.45. The average molecular weight is 380 g/mol. The lowest BCUT2D eigenvalue weighted by atomic mass is 10.1. The van der Waals surface area contributed by atoms with E-state index in [1.165, 1.54) is 10.6 Å². The maximum atomic E-state index is 12.6. The van der Waals surface area contributed by atoms with Crippen molar-refractivity contribution in [2.45, 2.75) is 12.6 Å². The zero-order valence-corrected chi connectivity index (χ0v) is 15.3. The highest BCUT2D eigenvalue weighted by atomic mass is 16.5. The zero-order valence-electron chi connectivity index (χ0n) is 15.3. The number of pyridine rings is 1. The van der Waals surface area contributed by atoms with Crippen molar-refractivity contribution in [3.8, 4) is 0 Å². The van der Waals surface area contributed by atoms with Gasteiger partial charge in [-0.25, -0.2) is 4.79 Å². The molecule has 2 N–H and O–H groups in total. The first kappa shape index (κ1) is 19.3. The first-order valence-electron chi connectivity index (χ1n) is 8.71. The number of aryl methyl sites for hydroxylation is 1. The van der Waals surface area contributed by atoms with Gasteiger partial charge < -0.3 is 19.7 Å². The minimum absolute atomic E-state index is 0.115. The van der Waals surface area contributed by atoms with Crippen LogP contribution in [0.2, 0.25) is 0 Å². The van der Waals surface area contributed by atoms with Crippen LogP contribution in [0.5, 0.6) is 0 Å². The average Bonchev–Trinajstić information content (AvgIpc) is 2.70. The summed E-state index contributed by atoms with van der Waals surface area (Å²) in [5.74, 6) is -1.99. The fraction of sp³-hybridized carbons (Fsp3) is 0.190. The lowest BCUT2D eigenvalue weighted by molar-refractivity contribution is -0.141. The van der Waals surface area contributed by atoms with Crippen molar-refractivity contribution in [2.24, 2.45) is 7.05 Å². The molecule has 0 aliphatic carbocycles. The minimum atomic E-state index is -1.27. The molecule has 7 heteroatoms. The number of para-hydroxylation sites is 1. The Labute approximate surface area is 161 Å². The Balaban J connectivity index is 1.74. The fourth-order valence-corrected chi connectivity index (χ4v) is 2.86. The number of aliphatic carboxylic acids is 1. The Morgan fingerprint density at radius 2 is 1.79 bits per heavy atom. The minimum Gasteiger partial charge on any atom is -0.480 e. The SMILES string of the molecule is Cn1c(=O)c(C(=O)N[C@@H](COCc2ccccc2)C(=O)O)cc2ccccc21. The van der Waals surface area contributed by atoms with Crippen LogP contribution in [0.25, 0.3) is 10.9 Å². The number of carboxylic acid groups (broad SMARTS) is 1. The van der Waals surface area contributed by atoms with Crippen LogP contribution in [-0.4, -0.2) is 34.2 Å². The van der Waals surface area contributed by atoms with Gasteiger partial charge in [-0.05, 0) is 23.1 Å². The van der Waals surface area contributed by atoms with Crippen molar-refractivity contribution in [2.75, 3.05) is 6.61 Å². The molecule has 3 aromatic rings. The lowest BCUT2D eigenvalue weighted by Crippen LogP contribution is -2.45. The van der Waals surface area contributed by atoms with Gasteiger partial charge in [0.05, 0.1) is 18.7 Å². The highest BCUT2D eigenvalue weighted by molar-refractivity contribution is 5.99. The molecule has 3 rings (SSSR count). The Morgan fingerprint density at radius 3 is 2.50 bits per heavy atom. The molecule has 1 aromatic heterocycles. The van der Waals surface area contributed by atoms with Crippen LogP contribution >= 0.6 is 0 Å². The summed E-state index contributed by atoms with van der Waals surface area (Å²) in [4.78, 5) is 36.6. The van der Waals surface area contributed by atoms with E-state index >= 15 is 0 Å². The van der Waals surface area contributed by atoms with E-state index in [2.05, 4.69) is 5.32 Å². The number of ether oxygens (including phenoxy) is 1. The number of nitrogens with one attached hydrogen (secondary N) is 1. The number of hydrogen-bond acceptors (Lipinski definition) is 4. The molecule has 1 heterocycles. The number of aromatic nitrogens is 1. The molecule has 144 valence electrons. The van der Waals surface area contributed by atoms with Gasteiger partial charge in [-0.2, -0.15) is 0 Å². The van der Waals surface area contributed by atoms with E-state index in [-0.39, 0.29) is 18.8 Å². The van der Waals surface area contributed by atoms with Crippen LogP contribution in [0.1, 0.15) is 15.9 Å². The molecule has 1 amide bonds. The molecule has 28 heavy (non-hydrogen) atoms. The molecule has 0 saturated heterocycles. The maximum absolute atomic E-state index is 12.6. The van der Waals surface area contributed by atoms with Gasteiger partial charge >= 0.3 is 5.97 Å². The van der Waals surface area contributed by atoms with Crippen molar-refractivity contribution >= 4 is 22.8 Å². The first-order valence-corrected chi connectivity index (χ1v) is 8.71. The van der Waals surface area contributed by atoms with Gasteiger partial charge in [-0.3, -0.25) is 9.59 Å². The monoisotopic (exact) mass is 380 g/mol. The Kier molecular flexibility index (Phi) is 5.86. The van der Waals surface area contributed by atoms with Gasteiger partial charge in [-0.15, -0.1) is 0 Å². The summed E-state index contributed by atoms with van der Waals surface area (Å²) >= 11 is 0. The highest BCUT2D eigenvalue weighted by Gasteiger charge is 2.23. The molecule has 7 nitrogen and oxygen atoms in total. The summed E-state index contributed by atoms with van der Waals surface area (Å²) in [6.07, 6.45) is 0. The summed E-state index contributed by atoms with van der Waals surface area (Å²) in [6.45, 7) is 0.00208. The number of nitrogens with zero attached hydrogens (tertiary/aromatic N) is 1. The quantitative estimate of drug-likeness (QED) is 0.653. The largest absolute Gasteiger partial charge is 0.480 e. The molecule has 0 radical (unpaired) electrons. The van der Waals surface area contributed by atoms with Crippen molar-refractivity contribution in [3.63, 3.8) is 0 Å². The van der Waals surface area contributed by atoms with Gasteiger partial charge in [0, 0.05) is 7.05 Å². The summed E-state index contributed by atoms with van der Waals surface area (Å²) < 4.78 is 6.79. The number of carboxylic acids is 1. The third-order valence-electron chi connectivity index (χ3n) is 4.38. The van der Waals surface area contributed by atoms with Gasteiger partial charge in [0.25, 0.3) is 11.5 Å². The second-order valence-electron chi connectivity index (χ2n) is 6.35. The third kappa shape index (κ3) is 4.27. The van der Waals surface area contributed by atoms with Crippen molar-refractivity contribution in [3.05, 3.63) is 82.1 Å². The molecule has 1 atom stereocenters. The lowest BCUT2D eigenvalue weighted by Gasteiger charge is -2.15. The number of benzene rings is 2. The van der Waals surface area contributed by atoms with E-state index < -0.39 is 23.5 Å². The van der Waals surface area contributed by atoms with E-state index in [9.17, 15) is 19.5 Å². The molecule has 0 aliphatic rings. The van der Waals surface area contributed by atoms with E-state index in [1.54, 1.807) is 31.3 Å². The fourth-order valence-electron chi connectivity index (χ4n) is 2.86. The second kappa shape index (κ2) is 8.49. The molecule has 2 aromatic carbocycles. The van der Waals surface area contributed by atoms with Gasteiger partial charge in [0.2, 0.25) is 0 Å². The zero-order chi connectivity index (χ0) is 20.1. The van der Waals surface area contributed by atoms with Gasteiger partial charge in [-0.1, -0.05) is 48.5 Å². The van der Waals surface area contributed by atoms with E-state index in [0.717, 1.165) is 5.56 Å². The van der Waals surface area contributed by atoms with Crippen molar-refractivity contribution in [1.29, 1.82) is 0 Å². The Morgan fingerprint density at radius 1 is 1.11 bits per heavy atom. The second-order valence-corrected chi connectivity index (χ2v) is 6.35. The molecular weight excluding hydrogens is 360 g/mol. The smallest absolute Gasteiger partial charge is 0.328 e. The number of amides is 1. The van der Waals surface area contributed by atoms with Gasteiger partial charge in [0.1, 0.15) is 5.56 Å². The Bertz CT molecular complexity index is 1060. The maximum Gasteiger partial charge on any atom is 0.328 e. The molecule has 0 bridgehead atoms. The highest BCUT2D eigenvalue weighted by Crippen LogP contribution is 2.12. The molecule has 0 spiro atoms. The summed E-state index contributed by atoms with van der Waals surface area (Å²) in [6, 6.07) is 16.6. The number of rotatable bonds is 7. The summed E-state index contributed by atoms with van der Waals surface area (Å²) in [5, 5.41) is 12.5. The summed E-state index contributed by atoms with van der Waals surface area (Å²) in [5.41, 5.74) is 0.965. The standard InChI is InChI=1S/C21H20N2O5/c1-23-18-10-6-5-9-15(18)11-16(20(23)25)19(24)22-17(21(26)27)13-28-12-14-7-3-2-4-8-14/h2-11,17H,12-13H2,1H3,(H,22,24)(H,26,27)/t17-/m0/s1. The molecule has 0 unspecified atom stereocenters. The molecular formula is C21H20N2O5. The van der Waals surface area contributed by atoms with Crippen LogP contribution in [0.4, 0.5) is 0 Å². The third-order valence-corrected chi connectivity index (χ3v) is 4.38. The number of hydrogen-bond donors (Lipinski definition) is 2. The first-order chi connectivity index (χ1) is 13.5. The number of fused-ring (bicyclic) bond motifs is 1. The van der Waals surface area contributed by atoms with Crippen LogP contribution in [-0.2, 0) is 23.2 Å². The van der Waals surface area contributed by atoms with Crippen LogP contribution in [0.15, 0.2) is 65.5 Å². The number of carbonyl (C=O) groups excluding carboxylic acids is 1. The topological polar surface area (TPSA) is 97.6 Å². The molecule has 0 aliphatic heterocycles. The normalized spacial score (nSPS) is 11.9. The molecule has 0 saturated carbocycles.